The lowest BCUT2D eigenvalue weighted by molar-refractivity contribution is -0.144. The third kappa shape index (κ3) is 3.40. The van der Waals surface area contributed by atoms with Gasteiger partial charge in [-0.3, -0.25) is 9.59 Å². The average molecular weight is 420 g/mol. The Hall–Kier alpha value is -3.48. The molecule has 7 nitrogen and oxygen atoms in total. The van der Waals surface area contributed by atoms with Gasteiger partial charge in [0.05, 0.1) is 17.9 Å². The first kappa shape index (κ1) is 19.5. The van der Waals surface area contributed by atoms with Crippen LogP contribution < -0.4 is 14.8 Å². The monoisotopic (exact) mass is 420 g/mol. The molecule has 7 heteroatoms. The van der Waals surface area contributed by atoms with Gasteiger partial charge in [-0.25, -0.2) is 0 Å². The number of carbonyl (C=O) groups excluding carboxylic acids is 2. The lowest BCUT2D eigenvalue weighted by Crippen LogP contribution is -2.27. The number of amides is 1. The molecule has 1 aliphatic carbocycles. The van der Waals surface area contributed by atoms with Gasteiger partial charge in [-0.05, 0) is 68.7 Å². The van der Waals surface area contributed by atoms with Gasteiger partial charge in [0.1, 0.15) is 0 Å². The molecule has 1 unspecified atom stereocenters. The van der Waals surface area contributed by atoms with Gasteiger partial charge < -0.3 is 24.5 Å². The molecule has 1 saturated carbocycles. The van der Waals surface area contributed by atoms with Crippen molar-refractivity contribution in [3.63, 3.8) is 0 Å². The van der Waals surface area contributed by atoms with Crippen LogP contribution in [-0.4, -0.2) is 30.3 Å². The molecule has 0 bridgehead atoms. The van der Waals surface area contributed by atoms with E-state index in [2.05, 4.69) is 10.3 Å². The summed E-state index contributed by atoms with van der Waals surface area (Å²) in [5.74, 6) is 0.730. The van der Waals surface area contributed by atoms with Crippen molar-refractivity contribution in [3.8, 4) is 11.5 Å². The highest BCUT2D eigenvalue weighted by molar-refractivity contribution is 6.02. The molecule has 31 heavy (non-hydrogen) atoms. The summed E-state index contributed by atoms with van der Waals surface area (Å²) < 4.78 is 16.0. The van der Waals surface area contributed by atoms with Crippen LogP contribution in [0.2, 0.25) is 0 Å². The highest BCUT2D eigenvalue weighted by Crippen LogP contribution is 2.51. The Balaban J connectivity index is 1.35. The van der Waals surface area contributed by atoms with Crippen LogP contribution in [0.1, 0.15) is 43.9 Å². The predicted molar refractivity (Wildman–Crippen MR) is 115 cm³/mol. The Labute approximate surface area is 179 Å². The van der Waals surface area contributed by atoms with Gasteiger partial charge >= 0.3 is 5.97 Å². The maximum absolute atomic E-state index is 13.2. The second-order valence-corrected chi connectivity index (χ2v) is 8.10. The Morgan fingerprint density at radius 1 is 1.13 bits per heavy atom. The lowest BCUT2D eigenvalue weighted by atomic mass is 9.94. The molecule has 0 spiro atoms. The number of benzene rings is 2. The van der Waals surface area contributed by atoms with E-state index in [1.165, 1.54) is 0 Å². The molecular formula is C24H24N2O5. The minimum absolute atomic E-state index is 0.0265. The Kier molecular flexibility index (Phi) is 4.61. The number of H-pyrrole nitrogens is 1. The van der Waals surface area contributed by atoms with E-state index < -0.39 is 5.41 Å². The van der Waals surface area contributed by atoms with Crippen LogP contribution >= 0.6 is 0 Å². The van der Waals surface area contributed by atoms with E-state index in [1.54, 1.807) is 6.92 Å². The summed E-state index contributed by atoms with van der Waals surface area (Å²) in [7, 11) is 0. The number of nitrogens with one attached hydrogen (secondary N) is 2. The summed E-state index contributed by atoms with van der Waals surface area (Å²) in [5, 5.41) is 4.00. The zero-order valence-corrected chi connectivity index (χ0v) is 17.5. The third-order valence-electron chi connectivity index (χ3n) is 6.12. The summed E-state index contributed by atoms with van der Waals surface area (Å²) in [5.41, 5.74) is 2.83. The number of anilines is 1. The van der Waals surface area contributed by atoms with Crippen molar-refractivity contribution in [1.82, 2.24) is 4.98 Å². The van der Waals surface area contributed by atoms with Crippen molar-refractivity contribution in [2.45, 2.75) is 38.0 Å². The quantitative estimate of drug-likeness (QED) is 0.583. The molecule has 2 N–H and O–H groups in total. The number of aromatic nitrogens is 1. The number of ether oxygens (including phenoxy) is 3. The van der Waals surface area contributed by atoms with Gasteiger partial charge in [0.25, 0.3) is 0 Å². The Morgan fingerprint density at radius 3 is 2.71 bits per heavy atom. The molecule has 0 saturated heterocycles. The number of aromatic amines is 1. The predicted octanol–water partition coefficient (Wildman–Crippen LogP) is 4.23. The fourth-order valence-electron chi connectivity index (χ4n) is 4.08. The second kappa shape index (κ2) is 7.34. The van der Waals surface area contributed by atoms with Crippen LogP contribution in [0, 0.1) is 0 Å². The maximum atomic E-state index is 13.2. The van der Waals surface area contributed by atoms with Crippen molar-refractivity contribution >= 4 is 28.5 Å². The third-order valence-corrected chi connectivity index (χ3v) is 6.12. The van der Waals surface area contributed by atoms with Gasteiger partial charge in [0.2, 0.25) is 12.7 Å². The first-order chi connectivity index (χ1) is 15.0. The first-order valence-corrected chi connectivity index (χ1v) is 10.5. The molecule has 5 rings (SSSR count). The molecule has 0 radical (unpaired) electrons. The van der Waals surface area contributed by atoms with Crippen LogP contribution in [0.15, 0.2) is 42.5 Å². The van der Waals surface area contributed by atoms with Gasteiger partial charge in [0, 0.05) is 22.3 Å². The molecule has 1 aromatic heterocycles. The van der Waals surface area contributed by atoms with Gasteiger partial charge in [0.15, 0.2) is 11.5 Å². The first-order valence-electron chi connectivity index (χ1n) is 10.5. The summed E-state index contributed by atoms with van der Waals surface area (Å²) >= 11 is 0. The topological polar surface area (TPSA) is 89.7 Å². The summed E-state index contributed by atoms with van der Waals surface area (Å²) in [6.45, 7) is 4.17. The molecule has 2 aromatic carbocycles. The number of hydrogen-bond donors (Lipinski definition) is 2. The summed E-state index contributed by atoms with van der Waals surface area (Å²) in [6, 6.07) is 13.3. The molecule has 160 valence electrons. The molecular weight excluding hydrogens is 396 g/mol. The normalized spacial score (nSPS) is 16.7. The highest BCUT2D eigenvalue weighted by atomic mass is 16.7. The van der Waals surface area contributed by atoms with Crippen LogP contribution in [-0.2, 0) is 19.7 Å². The Morgan fingerprint density at radius 2 is 1.94 bits per heavy atom. The van der Waals surface area contributed by atoms with E-state index in [9.17, 15) is 9.59 Å². The van der Waals surface area contributed by atoms with Crippen LogP contribution in [0.3, 0.4) is 0 Å². The van der Waals surface area contributed by atoms with Crippen molar-refractivity contribution in [2.75, 3.05) is 18.7 Å². The molecule has 2 aliphatic rings. The van der Waals surface area contributed by atoms with E-state index in [1.807, 2.05) is 49.4 Å². The van der Waals surface area contributed by atoms with Gasteiger partial charge in [-0.15, -0.1) is 0 Å². The maximum Gasteiger partial charge on any atom is 0.314 e. The van der Waals surface area contributed by atoms with Gasteiger partial charge in [-0.1, -0.05) is 6.07 Å². The molecule has 3 aromatic rings. The van der Waals surface area contributed by atoms with Crippen LogP contribution in [0.4, 0.5) is 5.69 Å². The molecule has 2 heterocycles. The minimum atomic E-state index is -0.530. The van der Waals surface area contributed by atoms with Crippen molar-refractivity contribution < 1.29 is 23.8 Å². The van der Waals surface area contributed by atoms with E-state index in [-0.39, 0.29) is 24.6 Å². The number of carbonyl (C=O) groups is 2. The number of rotatable bonds is 6. The lowest BCUT2D eigenvalue weighted by Gasteiger charge is -2.16. The van der Waals surface area contributed by atoms with Crippen molar-refractivity contribution in [1.29, 1.82) is 0 Å². The smallest absolute Gasteiger partial charge is 0.314 e. The number of hydrogen-bond acceptors (Lipinski definition) is 5. The molecule has 1 fully saturated rings. The van der Waals surface area contributed by atoms with Gasteiger partial charge in [-0.2, -0.15) is 0 Å². The van der Waals surface area contributed by atoms with E-state index in [0.717, 1.165) is 40.7 Å². The van der Waals surface area contributed by atoms with E-state index >= 15 is 0 Å². The standard InChI is InChI=1S/C24H24N2O5/c1-3-29-22(27)14(2)19-11-15-10-17(5-6-18(15)26-19)25-23(28)24(8-9-24)16-4-7-20-21(12-16)31-13-30-20/h4-7,10-12,14,26H,3,8-9,13H2,1-2H3,(H,25,28). The summed E-state index contributed by atoms with van der Waals surface area (Å²) in [4.78, 5) is 28.5. The Bertz CT molecular complexity index is 1180. The van der Waals surface area contributed by atoms with Crippen LogP contribution in [0.5, 0.6) is 11.5 Å². The number of esters is 1. The zero-order chi connectivity index (χ0) is 21.6. The molecule has 1 amide bonds. The average Bonchev–Trinajstić information content (AvgIpc) is 3.26. The summed E-state index contributed by atoms with van der Waals surface area (Å²) in [6.07, 6.45) is 1.60. The van der Waals surface area contributed by atoms with Crippen molar-refractivity contribution in [2.24, 2.45) is 0 Å². The van der Waals surface area contributed by atoms with E-state index in [4.69, 9.17) is 14.2 Å². The molecule has 1 aliphatic heterocycles. The fraction of sp³-hybridized carbons (Fsp3) is 0.333. The fourth-order valence-corrected chi connectivity index (χ4v) is 4.08. The largest absolute Gasteiger partial charge is 0.465 e. The second-order valence-electron chi connectivity index (χ2n) is 8.10. The molecule has 1 atom stereocenters. The van der Waals surface area contributed by atoms with Crippen molar-refractivity contribution in [3.05, 3.63) is 53.7 Å². The van der Waals surface area contributed by atoms with E-state index in [0.29, 0.717) is 18.1 Å². The number of fused-ring (bicyclic) bond motifs is 2. The zero-order valence-electron chi connectivity index (χ0n) is 17.5. The highest BCUT2D eigenvalue weighted by Gasteiger charge is 2.51. The SMILES string of the molecule is CCOC(=O)C(C)c1cc2cc(NC(=O)C3(c4ccc5c(c4)OCO5)CC3)ccc2[nH]1. The van der Waals surface area contributed by atoms with Crippen LogP contribution in [0.25, 0.3) is 10.9 Å². The minimum Gasteiger partial charge on any atom is -0.465 e.